The van der Waals surface area contributed by atoms with Crippen LogP contribution in [0.3, 0.4) is 0 Å². The number of hydrogen-bond donors (Lipinski definition) is 0. The Balaban J connectivity index is 1.16. The van der Waals surface area contributed by atoms with Gasteiger partial charge >= 0.3 is 0 Å². The number of amides is 1. The van der Waals surface area contributed by atoms with Crippen molar-refractivity contribution in [2.24, 2.45) is 5.92 Å². The number of ether oxygens (including phenoxy) is 4. The van der Waals surface area contributed by atoms with Crippen LogP contribution in [0.2, 0.25) is 0 Å². The van der Waals surface area contributed by atoms with Crippen molar-refractivity contribution >= 4 is 29.1 Å². The number of likely N-dealkylation sites (N-methyl/N-ethyl adjacent to an activating group) is 1. The predicted molar refractivity (Wildman–Crippen MR) is 169 cm³/mol. The molecule has 0 N–H and O–H groups in total. The minimum absolute atomic E-state index is 0.0703. The molecule has 0 saturated carbocycles. The van der Waals surface area contributed by atoms with Gasteiger partial charge in [-0.3, -0.25) is 9.59 Å². The van der Waals surface area contributed by atoms with Crippen molar-refractivity contribution in [3.8, 4) is 17.2 Å². The molecule has 43 heavy (non-hydrogen) atoms. The van der Waals surface area contributed by atoms with Gasteiger partial charge in [-0.25, -0.2) is 0 Å². The molecule has 1 saturated heterocycles. The molecule has 0 spiro atoms. The first kappa shape index (κ1) is 30.9. The van der Waals surface area contributed by atoms with Crippen LogP contribution >= 0.6 is 11.8 Å². The second-order valence-corrected chi connectivity index (χ2v) is 12.1. The Kier molecular flexibility index (Phi) is 9.95. The summed E-state index contributed by atoms with van der Waals surface area (Å²) in [4.78, 5) is 30.4. The number of nitrogens with zero attached hydrogens (tertiary/aromatic N) is 2. The molecule has 1 amide bonds. The molecule has 8 nitrogen and oxygen atoms in total. The fourth-order valence-corrected chi connectivity index (χ4v) is 7.15. The average Bonchev–Trinajstić information content (AvgIpc) is 3.06. The first-order valence-corrected chi connectivity index (χ1v) is 15.5. The third-order valence-electron chi connectivity index (χ3n) is 8.35. The van der Waals surface area contributed by atoms with Gasteiger partial charge in [0.25, 0.3) is 5.91 Å². The maximum atomic E-state index is 13.8. The lowest BCUT2D eigenvalue weighted by Gasteiger charge is -2.40. The second-order valence-electron chi connectivity index (χ2n) is 10.9. The number of hydrogen-bond acceptors (Lipinski definition) is 8. The fraction of sp³-hybridized carbons (Fsp3) is 0.412. The SMILES string of the molecule is COc1ccc(C(=O)C2CCN(CCCCOc3ccc(OC)cc3C3(OC)Sc4ccccc4N(C)C3=O)CC2)cc1. The van der Waals surface area contributed by atoms with Crippen LogP contribution in [0.25, 0.3) is 0 Å². The number of piperidine rings is 1. The van der Waals surface area contributed by atoms with Gasteiger partial charge in [-0.15, -0.1) is 0 Å². The molecule has 2 aliphatic rings. The zero-order chi connectivity index (χ0) is 30.4. The summed E-state index contributed by atoms with van der Waals surface area (Å²) in [5.74, 6) is 2.11. The van der Waals surface area contributed by atoms with E-state index in [2.05, 4.69) is 4.90 Å². The molecule has 2 aliphatic heterocycles. The van der Waals surface area contributed by atoms with Crippen molar-refractivity contribution in [2.75, 3.05) is 59.5 Å². The molecule has 1 unspecified atom stereocenters. The predicted octanol–water partition coefficient (Wildman–Crippen LogP) is 6.03. The molecule has 1 fully saturated rings. The number of carbonyl (C=O) groups excluding carboxylic acids is 2. The number of unbranched alkanes of at least 4 members (excludes halogenated alkanes) is 1. The number of para-hydroxylation sites is 1. The van der Waals surface area contributed by atoms with E-state index in [1.807, 2.05) is 66.7 Å². The number of thioether (sulfide) groups is 1. The van der Waals surface area contributed by atoms with E-state index >= 15 is 0 Å². The Bertz CT molecular complexity index is 1420. The van der Waals surface area contributed by atoms with E-state index < -0.39 is 4.93 Å². The Hall–Kier alpha value is -3.53. The quantitative estimate of drug-likeness (QED) is 0.183. The van der Waals surface area contributed by atoms with Crippen LogP contribution in [0.5, 0.6) is 17.2 Å². The molecular weight excluding hydrogens is 564 g/mol. The molecule has 0 aliphatic carbocycles. The molecular formula is C34H40N2O6S. The van der Waals surface area contributed by atoms with Gasteiger partial charge in [-0.2, -0.15) is 0 Å². The van der Waals surface area contributed by atoms with Crippen molar-refractivity contribution in [2.45, 2.75) is 35.5 Å². The van der Waals surface area contributed by atoms with Gasteiger partial charge in [0.2, 0.25) is 4.93 Å². The minimum atomic E-state index is -1.30. The number of fused-ring (bicyclic) bond motifs is 1. The van der Waals surface area contributed by atoms with Crippen molar-refractivity contribution in [1.29, 1.82) is 0 Å². The summed E-state index contributed by atoms with van der Waals surface area (Å²) in [5, 5.41) is 0. The third-order valence-corrected chi connectivity index (χ3v) is 9.77. The lowest BCUT2D eigenvalue weighted by molar-refractivity contribution is -0.131. The Labute approximate surface area is 258 Å². The topological polar surface area (TPSA) is 77.5 Å². The zero-order valence-electron chi connectivity index (χ0n) is 25.3. The van der Waals surface area contributed by atoms with Crippen LogP contribution in [0, 0.1) is 5.92 Å². The number of carbonyl (C=O) groups is 2. The summed E-state index contributed by atoms with van der Waals surface area (Å²) in [5.41, 5.74) is 2.24. The maximum absolute atomic E-state index is 13.8. The summed E-state index contributed by atoms with van der Waals surface area (Å²) in [6.45, 7) is 3.30. The van der Waals surface area contributed by atoms with E-state index in [1.165, 1.54) is 11.8 Å². The van der Waals surface area contributed by atoms with Gasteiger partial charge in [0.1, 0.15) is 17.2 Å². The number of rotatable bonds is 12. The Morgan fingerprint density at radius 3 is 2.33 bits per heavy atom. The summed E-state index contributed by atoms with van der Waals surface area (Å²) < 4.78 is 23.0. The smallest absolute Gasteiger partial charge is 0.274 e. The molecule has 228 valence electrons. The first-order valence-electron chi connectivity index (χ1n) is 14.7. The summed E-state index contributed by atoms with van der Waals surface area (Å²) in [6, 6.07) is 20.8. The number of anilines is 1. The number of benzene rings is 3. The second kappa shape index (κ2) is 13.8. The summed E-state index contributed by atoms with van der Waals surface area (Å²) >= 11 is 1.38. The molecule has 9 heteroatoms. The lowest BCUT2D eigenvalue weighted by atomic mass is 9.89. The van der Waals surface area contributed by atoms with E-state index in [-0.39, 0.29) is 17.6 Å². The molecule has 5 rings (SSSR count). The van der Waals surface area contributed by atoms with Gasteiger partial charge in [-0.1, -0.05) is 23.9 Å². The van der Waals surface area contributed by atoms with E-state index in [1.54, 1.807) is 33.3 Å². The number of likely N-dealkylation sites (tertiary alicyclic amines) is 1. The third kappa shape index (κ3) is 6.54. The van der Waals surface area contributed by atoms with Crippen molar-refractivity contribution < 1.29 is 28.5 Å². The van der Waals surface area contributed by atoms with Gasteiger partial charge < -0.3 is 28.7 Å². The molecule has 0 radical (unpaired) electrons. The lowest BCUT2D eigenvalue weighted by Crippen LogP contribution is -2.47. The van der Waals surface area contributed by atoms with Crippen LogP contribution in [-0.4, -0.2) is 71.2 Å². The summed E-state index contributed by atoms with van der Waals surface area (Å²) in [6.07, 6.45) is 3.58. The molecule has 1 atom stereocenters. The van der Waals surface area contributed by atoms with Gasteiger partial charge in [0.15, 0.2) is 5.78 Å². The molecule has 3 aromatic rings. The van der Waals surface area contributed by atoms with E-state index in [9.17, 15) is 9.59 Å². The maximum Gasteiger partial charge on any atom is 0.274 e. The Morgan fingerprint density at radius 2 is 1.63 bits per heavy atom. The zero-order valence-corrected chi connectivity index (χ0v) is 26.2. The first-order chi connectivity index (χ1) is 20.9. The van der Waals surface area contributed by atoms with Crippen molar-refractivity contribution in [3.05, 3.63) is 77.9 Å². The molecule has 2 heterocycles. The van der Waals surface area contributed by atoms with Crippen LogP contribution < -0.4 is 19.1 Å². The van der Waals surface area contributed by atoms with Gasteiger partial charge in [0, 0.05) is 36.1 Å². The number of ketones is 1. The number of methoxy groups -OCH3 is 3. The largest absolute Gasteiger partial charge is 0.497 e. The van der Waals surface area contributed by atoms with Crippen LogP contribution in [0.15, 0.2) is 71.6 Å². The fourth-order valence-electron chi connectivity index (χ4n) is 5.81. The highest BCUT2D eigenvalue weighted by Crippen LogP contribution is 2.53. The summed E-state index contributed by atoms with van der Waals surface area (Å²) in [7, 11) is 6.56. The van der Waals surface area contributed by atoms with Crippen LogP contribution in [0.4, 0.5) is 5.69 Å². The van der Waals surface area contributed by atoms with E-state index in [0.717, 1.165) is 67.2 Å². The normalized spacial score (nSPS) is 19.2. The van der Waals surface area contributed by atoms with E-state index in [4.69, 9.17) is 18.9 Å². The van der Waals surface area contributed by atoms with Gasteiger partial charge in [-0.05, 0) is 99.9 Å². The standard InChI is InChI=1S/C34H40N2O6S/c1-35-29-9-5-6-10-31(29)43-34(41-4,33(35)38)28-23-27(40-3)15-16-30(28)42-22-8-7-19-36-20-17-25(18-21-36)32(37)24-11-13-26(39-2)14-12-24/h5-6,9-16,23,25H,7-8,17-22H2,1-4H3. The van der Waals surface area contributed by atoms with Gasteiger partial charge in [0.05, 0.1) is 26.5 Å². The highest BCUT2D eigenvalue weighted by Gasteiger charge is 2.50. The highest BCUT2D eigenvalue weighted by molar-refractivity contribution is 8.01. The monoisotopic (exact) mass is 604 g/mol. The van der Waals surface area contributed by atoms with Crippen LogP contribution in [0.1, 0.15) is 41.6 Å². The van der Waals surface area contributed by atoms with Crippen LogP contribution in [-0.2, 0) is 14.5 Å². The van der Waals surface area contributed by atoms with E-state index in [0.29, 0.717) is 23.7 Å². The molecule has 0 bridgehead atoms. The average molecular weight is 605 g/mol. The minimum Gasteiger partial charge on any atom is -0.497 e. The molecule has 3 aromatic carbocycles. The highest BCUT2D eigenvalue weighted by atomic mass is 32.2. The number of Topliss-reactive ketones (excluding diaryl/α,β-unsaturated/α-hetero) is 1. The van der Waals surface area contributed by atoms with Crippen molar-refractivity contribution in [3.63, 3.8) is 0 Å². The molecule has 0 aromatic heterocycles. The Morgan fingerprint density at radius 1 is 0.930 bits per heavy atom. The van der Waals surface area contributed by atoms with Crippen molar-refractivity contribution in [1.82, 2.24) is 4.90 Å².